The zero-order valence-corrected chi connectivity index (χ0v) is 12.4. The minimum Gasteiger partial charge on any atom is -0.507 e. The molecule has 112 valence electrons. The predicted molar refractivity (Wildman–Crippen MR) is 86.7 cm³/mol. The number of amides is 1. The molecule has 5 nitrogen and oxygen atoms in total. The Morgan fingerprint density at radius 1 is 1.27 bits per heavy atom. The first-order valence-electron chi connectivity index (χ1n) is 6.59. The van der Waals surface area contributed by atoms with E-state index in [0.29, 0.717) is 28.9 Å². The number of halogens is 1. The third kappa shape index (κ3) is 3.48. The summed E-state index contributed by atoms with van der Waals surface area (Å²) < 4.78 is 0. The number of nitriles is 1. The van der Waals surface area contributed by atoms with E-state index < -0.39 is 5.91 Å². The van der Waals surface area contributed by atoms with Crippen molar-refractivity contribution in [2.75, 3.05) is 17.7 Å². The van der Waals surface area contributed by atoms with Gasteiger partial charge in [0.2, 0.25) is 0 Å². The number of nitrogens with one attached hydrogen (secondary N) is 2. The van der Waals surface area contributed by atoms with Gasteiger partial charge in [-0.05, 0) is 12.1 Å². The molecule has 0 spiro atoms. The summed E-state index contributed by atoms with van der Waals surface area (Å²) in [4.78, 5) is 12.1. The Kier molecular flexibility index (Phi) is 5.23. The van der Waals surface area contributed by atoms with Gasteiger partial charge in [0.05, 0.1) is 0 Å². The first-order chi connectivity index (χ1) is 10.7. The molecular formula is C16H14ClN3O2. The second-order valence-corrected chi connectivity index (χ2v) is 4.82. The molecule has 1 amide bonds. The van der Waals surface area contributed by atoms with Gasteiger partial charge in [-0.3, -0.25) is 4.79 Å². The van der Waals surface area contributed by atoms with Crippen molar-refractivity contribution >= 4 is 34.0 Å². The van der Waals surface area contributed by atoms with Gasteiger partial charge >= 0.3 is 0 Å². The van der Waals surface area contributed by atoms with Crippen LogP contribution in [0.4, 0.5) is 5.69 Å². The van der Waals surface area contributed by atoms with Crippen molar-refractivity contribution in [1.29, 1.82) is 5.26 Å². The molecule has 0 saturated heterocycles. The normalized spacial score (nSPS) is 11.0. The van der Waals surface area contributed by atoms with Crippen molar-refractivity contribution in [3.63, 3.8) is 0 Å². The summed E-state index contributed by atoms with van der Waals surface area (Å²) in [5, 5.41) is 25.7. The number of alkyl halides is 1. The van der Waals surface area contributed by atoms with E-state index in [1.807, 2.05) is 6.07 Å². The van der Waals surface area contributed by atoms with Crippen LogP contribution in [-0.4, -0.2) is 23.4 Å². The summed E-state index contributed by atoms with van der Waals surface area (Å²) in [6.07, 6.45) is 1.33. The number of aromatic hydroxyl groups is 1. The SMILES string of the molecule is N#C/C(=C/NCCCl)C(=O)Nc1cccc2c(O)cccc12. The monoisotopic (exact) mass is 315 g/mol. The Morgan fingerprint density at radius 2 is 2.00 bits per heavy atom. The third-order valence-corrected chi connectivity index (χ3v) is 3.19. The lowest BCUT2D eigenvalue weighted by atomic mass is 10.1. The van der Waals surface area contributed by atoms with Gasteiger partial charge < -0.3 is 15.7 Å². The molecule has 0 unspecified atom stereocenters. The van der Waals surface area contributed by atoms with Crippen LogP contribution in [0.5, 0.6) is 5.75 Å². The van der Waals surface area contributed by atoms with E-state index in [-0.39, 0.29) is 11.3 Å². The highest BCUT2D eigenvalue weighted by atomic mass is 35.5. The number of carbonyl (C=O) groups is 1. The maximum atomic E-state index is 12.1. The van der Waals surface area contributed by atoms with Gasteiger partial charge in [0.25, 0.3) is 5.91 Å². The molecule has 2 rings (SSSR count). The summed E-state index contributed by atoms with van der Waals surface area (Å²) in [7, 11) is 0. The number of carbonyl (C=O) groups excluding carboxylic acids is 1. The molecule has 2 aromatic carbocycles. The Hall–Kier alpha value is -2.71. The summed E-state index contributed by atoms with van der Waals surface area (Å²) in [6.45, 7) is 0.460. The smallest absolute Gasteiger partial charge is 0.267 e. The lowest BCUT2D eigenvalue weighted by Crippen LogP contribution is -2.17. The fourth-order valence-electron chi connectivity index (χ4n) is 1.97. The van der Waals surface area contributed by atoms with Crippen molar-refractivity contribution in [3.8, 4) is 11.8 Å². The van der Waals surface area contributed by atoms with Crippen LogP contribution in [0.1, 0.15) is 0 Å². The lowest BCUT2D eigenvalue weighted by molar-refractivity contribution is -0.112. The van der Waals surface area contributed by atoms with Gasteiger partial charge in [0.15, 0.2) is 0 Å². The van der Waals surface area contributed by atoms with Crippen LogP contribution in [-0.2, 0) is 4.79 Å². The van der Waals surface area contributed by atoms with Gasteiger partial charge in [0.1, 0.15) is 17.4 Å². The van der Waals surface area contributed by atoms with Gasteiger partial charge in [-0.1, -0.05) is 24.3 Å². The van der Waals surface area contributed by atoms with Gasteiger partial charge in [-0.25, -0.2) is 0 Å². The predicted octanol–water partition coefficient (Wildman–Crippen LogP) is 2.72. The van der Waals surface area contributed by atoms with Crippen LogP contribution in [0, 0.1) is 11.3 Å². The molecule has 0 aliphatic heterocycles. The number of fused-ring (bicyclic) bond motifs is 1. The van der Waals surface area contributed by atoms with Crippen LogP contribution in [0.15, 0.2) is 48.2 Å². The molecule has 0 bridgehead atoms. The van der Waals surface area contributed by atoms with Crippen molar-refractivity contribution in [3.05, 3.63) is 48.2 Å². The maximum Gasteiger partial charge on any atom is 0.267 e. The zero-order valence-electron chi connectivity index (χ0n) is 11.6. The van der Waals surface area contributed by atoms with E-state index in [0.717, 1.165) is 0 Å². The Labute approximate surface area is 132 Å². The van der Waals surface area contributed by atoms with Crippen LogP contribution in [0.2, 0.25) is 0 Å². The van der Waals surface area contributed by atoms with Crippen molar-refractivity contribution in [2.45, 2.75) is 0 Å². The molecule has 0 radical (unpaired) electrons. The number of phenolic OH excluding ortho intramolecular Hbond substituents is 1. The Balaban J connectivity index is 2.27. The van der Waals surface area contributed by atoms with E-state index in [1.165, 1.54) is 6.20 Å². The minimum absolute atomic E-state index is 0.0535. The lowest BCUT2D eigenvalue weighted by Gasteiger charge is -2.09. The number of hydrogen-bond acceptors (Lipinski definition) is 4. The zero-order chi connectivity index (χ0) is 15.9. The largest absolute Gasteiger partial charge is 0.507 e. The molecule has 0 aromatic heterocycles. The first-order valence-corrected chi connectivity index (χ1v) is 7.12. The molecule has 0 aliphatic carbocycles. The summed E-state index contributed by atoms with van der Waals surface area (Å²) in [5.41, 5.74) is 0.471. The number of rotatable bonds is 5. The molecule has 22 heavy (non-hydrogen) atoms. The van der Waals surface area contributed by atoms with Crippen LogP contribution in [0.3, 0.4) is 0 Å². The first kappa shape index (κ1) is 15.7. The average Bonchev–Trinajstić information content (AvgIpc) is 2.52. The Morgan fingerprint density at radius 3 is 2.73 bits per heavy atom. The van der Waals surface area contributed by atoms with Crippen molar-refractivity contribution in [2.24, 2.45) is 0 Å². The highest BCUT2D eigenvalue weighted by Gasteiger charge is 2.11. The number of nitrogens with zero attached hydrogens (tertiary/aromatic N) is 1. The Bertz CT molecular complexity index is 766. The molecule has 0 saturated carbocycles. The van der Waals surface area contributed by atoms with Gasteiger partial charge in [0, 0.05) is 35.1 Å². The minimum atomic E-state index is -0.527. The number of phenols is 1. The average molecular weight is 316 g/mol. The fraction of sp³-hybridized carbons (Fsp3) is 0.125. The van der Waals surface area contributed by atoms with E-state index in [9.17, 15) is 9.90 Å². The second-order valence-electron chi connectivity index (χ2n) is 4.44. The topological polar surface area (TPSA) is 85.2 Å². The molecule has 0 heterocycles. The molecule has 6 heteroatoms. The molecule has 2 aromatic rings. The summed E-state index contributed by atoms with van der Waals surface area (Å²) >= 11 is 5.52. The van der Waals surface area contributed by atoms with Crippen LogP contribution >= 0.6 is 11.6 Å². The second kappa shape index (κ2) is 7.34. The molecule has 0 atom stereocenters. The highest BCUT2D eigenvalue weighted by molar-refractivity contribution is 6.18. The van der Waals surface area contributed by atoms with E-state index >= 15 is 0 Å². The van der Waals surface area contributed by atoms with E-state index in [4.69, 9.17) is 16.9 Å². The molecule has 0 aliphatic rings. The van der Waals surface area contributed by atoms with Crippen LogP contribution in [0.25, 0.3) is 10.8 Å². The number of hydrogen-bond donors (Lipinski definition) is 3. The van der Waals surface area contributed by atoms with Gasteiger partial charge in [-0.15, -0.1) is 11.6 Å². The third-order valence-electron chi connectivity index (χ3n) is 3.00. The van der Waals surface area contributed by atoms with Crippen molar-refractivity contribution in [1.82, 2.24) is 5.32 Å². The standard InChI is InChI=1S/C16H14ClN3O2/c17-7-8-19-10-11(9-18)16(22)20-14-5-1-4-13-12(14)3-2-6-15(13)21/h1-6,10,19,21H,7-8H2,(H,20,22)/b11-10-. The maximum absolute atomic E-state index is 12.1. The van der Waals surface area contributed by atoms with Crippen molar-refractivity contribution < 1.29 is 9.90 Å². The van der Waals surface area contributed by atoms with E-state index in [1.54, 1.807) is 36.4 Å². The highest BCUT2D eigenvalue weighted by Crippen LogP contribution is 2.29. The fourth-order valence-corrected chi connectivity index (χ4v) is 2.08. The quantitative estimate of drug-likeness (QED) is 0.343. The van der Waals surface area contributed by atoms with E-state index in [2.05, 4.69) is 10.6 Å². The summed E-state index contributed by atoms with van der Waals surface area (Å²) in [6, 6.07) is 12.1. The number of benzene rings is 2. The molecule has 0 fully saturated rings. The summed E-state index contributed by atoms with van der Waals surface area (Å²) in [5.74, 6) is -0.0202. The van der Waals surface area contributed by atoms with Gasteiger partial charge in [-0.2, -0.15) is 5.26 Å². The number of anilines is 1. The molecular weight excluding hydrogens is 302 g/mol. The van der Waals surface area contributed by atoms with Crippen LogP contribution < -0.4 is 10.6 Å². The molecule has 3 N–H and O–H groups in total.